The summed E-state index contributed by atoms with van der Waals surface area (Å²) in [5.74, 6) is -0.0154. The maximum absolute atomic E-state index is 12.9. The number of carbonyl (C=O) groups is 2. The Morgan fingerprint density at radius 1 is 1.19 bits per heavy atom. The van der Waals surface area contributed by atoms with Crippen LogP contribution in [-0.2, 0) is 14.3 Å². The molecule has 3 fully saturated rings. The Kier molecular flexibility index (Phi) is 4.74. The normalized spacial score (nSPS) is 36.9. The highest BCUT2D eigenvalue weighted by atomic mass is 32.2. The summed E-state index contributed by atoms with van der Waals surface area (Å²) < 4.78 is 5.52. The topological polar surface area (TPSA) is 66.8 Å². The third-order valence-corrected chi connectivity index (χ3v) is 6.29. The summed E-state index contributed by atoms with van der Waals surface area (Å²) in [6.07, 6.45) is 3.85. The number of hydrogen-bond acceptors (Lipinski definition) is 4. The monoisotopic (exact) mass is 313 g/mol. The Morgan fingerprint density at radius 2 is 2.00 bits per heavy atom. The Morgan fingerprint density at radius 3 is 2.81 bits per heavy atom. The van der Waals surface area contributed by atoms with Crippen molar-refractivity contribution >= 4 is 23.6 Å². The van der Waals surface area contributed by atoms with Crippen LogP contribution in [0.5, 0.6) is 0 Å². The highest BCUT2D eigenvalue weighted by Gasteiger charge is 2.40. The molecule has 4 atom stereocenters. The number of fused-ring (bicyclic) bond motifs is 1. The maximum Gasteiger partial charge on any atom is 0.306 e. The molecule has 0 aromatic heterocycles. The lowest BCUT2D eigenvalue weighted by Crippen LogP contribution is -2.56. The van der Waals surface area contributed by atoms with Crippen LogP contribution in [0.3, 0.4) is 0 Å². The maximum atomic E-state index is 12.9. The van der Waals surface area contributed by atoms with Gasteiger partial charge in [-0.25, -0.2) is 0 Å². The third kappa shape index (κ3) is 3.21. The molecule has 2 saturated heterocycles. The van der Waals surface area contributed by atoms with Crippen LogP contribution < -0.4 is 0 Å². The first kappa shape index (κ1) is 15.2. The Hall–Kier alpha value is -0.750. The minimum absolute atomic E-state index is 0.0913. The molecule has 6 heteroatoms. The van der Waals surface area contributed by atoms with Gasteiger partial charge in [0.25, 0.3) is 0 Å². The van der Waals surface area contributed by atoms with E-state index in [1.54, 1.807) is 0 Å². The number of carbonyl (C=O) groups excluding carboxylic acids is 1. The number of amides is 1. The lowest BCUT2D eigenvalue weighted by Gasteiger charge is -2.45. The van der Waals surface area contributed by atoms with Gasteiger partial charge in [-0.05, 0) is 25.7 Å². The van der Waals surface area contributed by atoms with Crippen LogP contribution >= 0.6 is 11.8 Å². The quantitative estimate of drug-likeness (QED) is 0.839. The average Bonchev–Trinajstić information content (AvgIpc) is 2.53. The molecule has 3 rings (SSSR count). The fraction of sp³-hybridized carbons (Fsp3) is 0.867. The van der Waals surface area contributed by atoms with Crippen molar-refractivity contribution in [2.45, 2.75) is 43.4 Å². The number of rotatable bonds is 2. The summed E-state index contributed by atoms with van der Waals surface area (Å²) in [5.41, 5.74) is 0. The predicted octanol–water partition coefficient (Wildman–Crippen LogP) is 1.61. The van der Waals surface area contributed by atoms with Gasteiger partial charge in [-0.3, -0.25) is 9.59 Å². The Bertz CT molecular complexity index is 414. The summed E-state index contributed by atoms with van der Waals surface area (Å²) in [6, 6.07) is 0.287. The van der Waals surface area contributed by atoms with Crippen molar-refractivity contribution in [1.29, 1.82) is 0 Å². The molecule has 0 bridgehead atoms. The molecule has 21 heavy (non-hydrogen) atoms. The molecule has 0 aromatic carbocycles. The van der Waals surface area contributed by atoms with E-state index in [-0.39, 0.29) is 23.8 Å². The third-order valence-electron chi connectivity index (χ3n) is 4.99. The van der Waals surface area contributed by atoms with Gasteiger partial charge in [0, 0.05) is 36.1 Å². The van der Waals surface area contributed by atoms with Gasteiger partial charge in [0.05, 0.1) is 12.5 Å². The van der Waals surface area contributed by atoms with E-state index in [1.807, 2.05) is 16.7 Å². The Balaban J connectivity index is 1.67. The van der Waals surface area contributed by atoms with E-state index in [0.29, 0.717) is 11.7 Å². The zero-order chi connectivity index (χ0) is 14.8. The SMILES string of the molecule is O=C(O)C1CCCC(C(=O)N2CCSC3COCCC32)C1. The van der Waals surface area contributed by atoms with Crippen LogP contribution in [0.1, 0.15) is 32.1 Å². The molecule has 118 valence electrons. The number of thioether (sulfide) groups is 1. The predicted molar refractivity (Wildman–Crippen MR) is 80.3 cm³/mol. The van der Waals surface area contributed by atoms with Crippen molar-refractivity contribution in [3.05, 3.63) is 0 Å². The van der Waals surface area contributed by atoms with E-state index >= 15 is 0 Å². The van der Waals surface area contributed by atoms with Crippen molar-refractivity contribution in [3.8, 4) is 0 Å². The van der Waals surface area contributed by atoms with Crippen LogP contribution in [0.15, 0.2) is 0 Å². The van der Waals surface area contributed by atoms with E-state index in [2.05, 4.69) is 0 Å². The first-order valence-electron chi connectivity index (χ1n) is 7.89. The fourth-order valence-electron chi connectivity index (χ4n) is 3.83. The zero-order valence-electron chi connectivity index (χ0n) is 12.2. The lowest BCUT2D eigenvalue weighted by atomic mass is 9.80. The molecule has 3 aliphatic rings. The van der Waals surface area contributed by atoms with Gasteiger partial charge in [0.15, 0.2) is 0 Å². The second-order valence-corrected chi connectivity index (χ2v) is 7.62. The summed E-state index contributed by atoms with van der Waals surface area (Å²) in [4.78, 5) is 26.1. The molecule has 0 radical (unpaired) electrons. The molecule has 0 spiro atoms. The average molecular weight is 313 g/mol. The van der Waals surface area contributed by atoms with Crippen LogP contribution in [0.4, 0.5) is 0 Å². The molecule has 1 amide bonds. The largest absolute Gasteiger partial charge is 0.481 e. The van der Waals surface area contributed by atoms with Gasteiger partial charge in [-0.15, -0.1) is 0 Å². The first-order valence-corrected chi connectivity index (χ1v) is 8.94. The number of carboxylic acids is 1. The molecule has 0 aromatic rings. The van der Waals surface area contributed by atoms with E-state index in [4.69, 9.17) is 4.74 Å². The number of ether oxygens (including phenoxy) is 1. The molecule has 1 N–H and O–H groups in total. The second kappa shape index (κ2) is 6.57. The number of aliphatic carboxylic acids is 1. The van der Waals surface area contributed by atoms with Gasteiger partial charge >= 0.3 is 5.97 Å². The van der Waals surface area contributed by atoms with Crippen molar-refractivity contribution < 1.29 is 19.4 Å². The summed E-state index contributed by atoms with van der Waals surface area (Å²) in [6.45, 7) is 2.27. The van der Waals surface area contributed by atoms with Crippen LogP contribution in [0, 0.1) is 11.8 Å². The molecule has 4 unspecified atom stereocenters. The minimum atomic E-state index is -0.745. The molecule has 2 aliphatic heterocycles. The van der Waals surface area contributed by atoms with Gasteiger partial charge in [-0.2, -0.15) is 11.8 Å². The van der Waals surface area contributed by atoms with Crippen LogP contribution in [-0.4, -0.2) is 58.7 Å². The van der Waals surface area contributed by atoms with Gasteiger partial charge in [0.2, 0.25) is 5.91 Å². The van der Waals surface area contributed by atoms with E-state index < -0.39 is 5.97 Å². The molecular weight excluding hydrogens is 290 g/mol. The summed E-state index contributed by atoms with van der Waals surface area (Å²) in [5, 5.41) is 9.59. The fourth-order valence-corrected chi connectivity index (χ4v) is 5.13. The first-order chi connectivity index (χ1) is 10.2. The molecule has 1 aliphatic carbocycles. The second-order valence-electron chi connectivity index (χ2n) is 6.27. The standard InChI is InChI=1S/C15H23NO4S/c17-14(10-2-1-3-11(8-10)15(18)19)16-5-7-21-13-9-20-6-4-12(13)16/h10-13H,1-9H2,(H,18,19). The van der Waals surface area contributed by atoms with Crippen LogP contribution in [0.2, 0.25) is 0 Å². The lowest BCUT2D eigenvalue weighted by molar-refractivity contribution is -0.146. The van der Waals surface area contributed by atoms with Crippen molar-refractivity contribution in [2.24, 2.45) is 11.8 Å². The highest BCUT2D eigenvalue weighted by molar-refractivity contribution is 8.00. The van der Waals surface area contributed by atoms with E-state index in [1.165, 1.54) is 0 Å². The van der Waals surface area contributed by atoms with Gasteiger partial charge in [0.1, 0.15) is 0 Å². The molecular formula is C15H23NO4S. The minimum Gasteiger partial charge on any atom is -0.481 e. The summed E-state index contributed by atoms with van der Waals surface area (Å²) in [7, 11) is 0. The van der Waals surface area contributed by atoms with Crippen LogP contribution in [0.25, 0.3) is 0 Å². The zero-order valence-corrected chi connectivity index (χ0v) is 13.0. The van der Waals surface area contributed by atoms with Gasteiger partial charge < -0.3 is 14.7 Å². The molecule has 2 heterocycles. The van der Waals surface area contributed by atoms with Crippen molar-refractivity contribution in [3.63, 3.8) is 0 Å². The van der Waals surface area contributed by atoms with Crippen molar-refractivity contribution in [1.82, 2.24) is 4.90 Å². The Labute approximate surface area is 129 Å². The number of hydrogen-bond donors (Lipinski definition) is 1. The number of carboxylic acid groups (broad SMARTS) is 1. The number of nitrogens with zero attached hydrogens (tertiary/aromatic N) is 1. The molecule has 1 saturated carbocycles. The summed E-state index contributed by atoms with van der Waals surface area (Å²) >= 11 is 1.91. The van der Waals surface area contributed by atoms with E-state index in [0.717, 1.165) is 51.2 Å². The van der Waals surface area contributed by atoms with E-state index in [9.17, 15) is 14.7 Å². The van der Waals surface area contributed by atoms with Gasteiger partial charge in [-0.1, -0.05) is 6.42 Å². The smallest absolute Gasteiger partial charge is 0.306 e. The molecule has 5 nitrogen and oxygen atoms in total. The van der Waals surface area contributed by atoms with Crippen molar-refractivity contribution in [2.75, 3.05) is 25.5 Å². The highest BCUT2D eigenvalue weighted by Crippen LogP contribution is 2.35.